The number of anilines is 1. The molecule has 0 radical (unpaired) electrons. The molecule has 0 amide bonds. The van der Waals surface area contributed by atoms with Gasteiger partial charge >= 0.3 is 0 Å². The molecule has 7 heteroatoms. The molecule has 1 aromatic carbocycles. The van der Waals surface area contributed by atoms with Gasteiger partial charge in [-0.2, -0.15) is 0 Å². The minimum Gasteiger partial charge on any atom is -0.383 e. The summed E-state index contributed by atoms with van der Waals surface area (Å²) in [6, 6.07) is 10.6. The van der Waals surface area contributed by atoms with E-state index in [9.17, 15) is 5.11 Å². The number of hydrogen-bond acceptors (Lipinski definition) is 4. The van der Waals surface area contributed by atoms with E-state index in [2.05, 4.69) is 40.8 Å². The Bertz CT molecular complexity index is 777. The van der Waals surface area contributed by atoms with Gasteiger partial charge < -0.3 is 20.6 Å². The molecule has 1 aliphatic rings. The number of nitrogens with zero attached hydrogens (tertiary/aromatic N) is 2. The van der Waals surface area contributed by atoms with Crippen LogP contribution in [-0.2, 0) is 18.6 Å². The van der Waals surface area contributed by atoms with Crippen LogP contribution in [-0.4, -0.2) is 37.7 Å². The van der Waals surface area contributed by atoms with Crippen molar-refractivity contribution in [3.8, 4) is 0 Å². The maximum absolute atomic E-state index is 10.7. The Hall–Kier alpha value is -1.32. The van der Waals surface area contributed by atoms with Crippen LogP contribution in [0.3, 0.4) is 0 Å². The maximum atomic E-state index is 10.7. The van der Waals surface area contributed by atoms with Crippen molar-refractivity contribution in [1.82, 2.24) is 10.6 Å². The standard InChI is InChI=1S/C21H30N4OS.HI/c1-4-22-20(24-15-21(2,26)19-8-6-12-27-19)23-14-16-9-10-18-17(13-16)7-5-11-25(18)3;/h6,8-10,12-13,26H,4-5,7,11,14-15H2,1-3H3,(H2,22,23,24);1H. The number of thiophene rings is 1. The lowest BCUT2D eigenvalue weighted by atomic mass is 10.00. The van der Waals surface area contributed by atoms with Gasteiger partial charge in [-0.1, -0.05) is 18.2 Å². The van der Waals surface area contributed by atoms with Crippen molar-refractivity contribution in [1.29, 1.82) is 0 Å². The van der Waals surface area contributed by atoms with E-state index >= 15 is 0 Å². The molecule has 3 rings (SSSR count). The Kier molecular flexibility index (Phi) is 8.57. The van der Waals surface area contributed by atoms with Crippen LogP contribution in [0.15, 0.2) is 40.7 Å². The lowest BCUT2D eigenvalue weighted by Gasteiger charge is -2.27. The Morgan fingerprint density at radius 1 is 1.32 bits per heavy atom. The summed E-state index contributed by atoms with van der Waals surface area (Å²) in [7, 11) is 2.16. The molecule has 28 heavy (non-hydrogen) atoms. The van der Waals surface area contributed by atoms with E-state index in [1.807, 2.05) is 31.4 Å². The van der Waals surface area contributed by atoms with Crippen LogP contribution in [0.5, 0.6) is 0 Å². The molecule has 154 valence electrons. The van der Waals surface area contributed by atoms with E-state index < -0.39 is 5.60 Å². The van der Waals surface area contributed by atoms with Gasteiger partial charge in [0.15, 0.2) is 5.96 Å². The molecule has 0 bridgehead atoms. The summed E-state index contributed by atoms with van der Waals surface area (Å²) >= 11 is 1.56. The normalized spacial score (nSPS) is 16.0. The topological polar surface area (TPSA) is 59.9 Å². The van der Waals surface area contributed by atoms with Crippen molar-refractivity contribution >= 4 is 47.0 Å². The van der Waals surface area contributed by atoms with Crippen LogP contribution < -0.4 is 15.5 Å². The molecule has 1 atom stereocenters. The highest BCUT2D eigenvalue weighted by atomic mass is 127. The molecule has 0 saturated carbocycles. The van der Waals surface area contributed by atoms with E-state index in [1.165, 1.54) is 23.2 Å². The Labute approximate surface area is 189 Å². The fourth-order valence-corrected chi connectivity index (χ4v) is 4.16. The maximum Gasteiger partial charge on any atom is 0.191 e. The predicted molar refractivity (Wildman–Crippen MR) is 130 cm³/mol. The molecule has 5 nitrogen and oxygen atoms in total. The zero-order valence-electron chi connectivity index (χ0n) is 16.9. The van der Waals surface area contributed by atoms with E-state index in [4.69, 9.17) is 4.99 Å². The zero-order valence-corrected chi connectivity index (χ0v) is 20.0. The van der Waals surface area contributed by atoms with Gasteiger partial charge in [0.1, 0.15) is 5.60 Å². The van der Waals surface area contributed by atoms with Gasteiger partial charge in [0, 0.05) is 30.7 Å². The summed E-state index contributed by atoms with van der Waals surface area (Å²) in [5.74, 6) is 0.726. The minimum atomic E-state index is -0.916. The summed E-state index contributed by atoms with van der Waals surface area (Å²) in [5.41, 5.74) is 3.05. The number of fused-ring (bicyclic) bond motifs is 1. The van der Waals surface area contributed by atoms with E-state index in [0.717, 1.165) is 30.3 Å². The third-order valence-corrected chi connectivity index (χ3v) is 6.03. The first-order valence-electron chi connectivity index (χ1n) is 9.61. The molecular weight excluding hydrogens is 483 g/mol. The van der Waals surface area contributed by atoms with E-state index in [-0.39, 0.29) is 24.0 Å². The molecule has 2 aromatic rings. The quantitative estimate of drug-likeness (QED) is 0.313. The third kappa shape index (κ3) is 5.84. The van der Waals surface area contributed by atoms with Gasteiger partial charge in [0.05, 0.1) is 13.1 Å². The highest BCUT2D eigenvalue weighted by molar-refractivity contribution is 14.0. The molecule has 1 unspecified atom stereocenters. The fourth-order valence-electron chi connectivity index (χ4n) is 3.38. The second-order valence-corrected chi connectivity index (χ2v) is 8.24. The molecule has 2 heterocycles. The van der Waals surface area contributed by atoms with E-state index in [0.29, 0.717) is 13.1 Å². The Balaban J connectivity index is 0.00000280. The van der Waals surface area contributed by atoms with Gasteiger partial charge in [-0.3, -0.25) is 0 Å². The molecule has 1 aliphatic heterocycles. The number of halogens is 1. The van der Waals surface area contributed by atoms with Gasteiger partial charge in [0.2, 0.25) is 0 Å². The number of hydrogen-bond donors (Lipinski definition) is 3. The largest absolute Gasteiger partial charge is 0.383 e. The first kappa shape index (κ1) is 23.0. The number of nitrogens with one attached hydrogen (secondary N) is 2. The van der Waals surface area contributed by atoms with Crippen LogP contribution in [0.25, 0.3) is 0 Å². The lowest BCUT2D eigenvalue weighted by Crippen LogP contribution is -2.44. The molecule has 0 saturated heterocycles. The average molecular weight is 514 g/mol. The van der Waals surface area contributed by atoms with Gasteiger partial charge in [0.25, 0.3) is 0 Å². The first-order valence-corrected chi connectivity index (χ1v) is 10.5. The Morgan fingerprint density at radius 3 is 2.86 bits per heavy atom. The molecule has 0 spiro atoms. The van der Waals surface area contributed by atoms with Crippen molar-refractivity contribution < 1.29 is 5.11 Å². The number of aliphatic hydroxyl groups is 1. The van der Waals surface area contributed by atoms with Crippen LogP contribution in [0.1, 0.15) is 36.3 Å². The van der Waals surface area contributed by atoms with Crippen LogP contribution in [0, 0.1) is 0 Å². The second kappa shape index (κ2) is 10.5. The van der Waals surface area contributed by atoms with Gasteiger partial charge in [-0.25, -0.2) is 4.99 Å². The van der Waals surface area contributed by atoms with Crippen LogP contribution in [0.2, 0.25) is 0 Å². The van der Waals surface area contributed by atoms with Crippen molar-refractivity contribution in [2.75, 3.05) is 31.6 Å². The van der Waals surface area contributed by atoms with Gasteiger partial charge in [-0.05, 0) is 55.3 Å². The first-order chi connectivity index (χ1) is 13.0. The summed E-state index contributed by atoms with van der Waals surface area (Å²) < 4.78 is 0. The SMILES string of the molecule is CCNC(=NCc1ccc2c(c1)CCCN2C)NCC(C)(O)c1cccs1.I. The van der Waals surface area contributed by atoms with Crippen molar-refractivity contribution in [2.24, 2.45) is 4.99 Å². The number of aryl methyl sites for hydroxylation is 1. The van der Waals surface area contributed by atoms with Crippen LogP contribution >= 0.6 is 35.3 Å². The average Bonchev–Trinajstić information content (AvgIpc) is 3.20. The minimum absolute atomic E-state index is 0. The molecule has 0 aliphatic carbocycles. The number of benzene rings is 1. The number of aliphatic imine (C=N–C) groups is 1. The van der Waals surface area contributed by atoms with Crippen LogP contribution in [0.4, 0.5) is 5.69 Å². The lowest BCUT2D eigenvalue weighted by molar-refractivity contribution is 0.0655. The molecule has 3 N–H and O–H groups in total. The molecular formula is C21H31IN4OS. The monoisotopic (exact) mass is 514 g/mol. The zero-order chi connectivity index (χ0) is 19.3. The molecule has 1 aromatic heterocycles. The van der Waals surface area contributed by atoms with Crippen molar-refractivity contribution in [2.45, 2.75) is 38.8 Å². The van der Waals surface area contributed by atoms with E-state index in [1.54, 1.807) is 11.3 Å². The summed E-state index contributed by atoms with van der Waals surface area (Å²) in [6.07, 6.45) is 2.34. The smallest absolute Gasteiger partial charge is 0.191 e. The fraction of sp³-hybridized carbons (Fsp3) is 0.476. The summed E-state index contributed by atoms with van der Waals surface area (Å²) in [6.45, 7) is 6.81. The predicted octanol–water partition coefficient (Wildman–Crippen LogP) is 3.71. The Morgan fingerprint density at radius 2 is 2.14 bits per heavy atom. The van der Waals surface area contributed by atoms with Gasteiger partial charge in [-0.15, -0.1) is 35.3 Å². The third-order valence-electron chi connectivity index (χ3n) is 4.91. The van der Waals surface area contributed by atoms with Crippen molar-refractivity contribution in [3.05, 3.63) is 51.7 Å². The molecule has 0 fully saturated rings. The summed E-state index contributed by atoms with van der Waals surface area (Å²) in [5, 5.41) is 19.2. The number of rotatable bonds is 6. The summed E-state index contributed by atoms with van der Waals surface area (Å²) in [4.78, 5) is 7.98. The van der Waals surface area contributed by atoms with Crippen molar-refractivity contribution in [3.63, 3.8) is 0 Å². The number of guanidine groups is 1. The highest BCUT2D eigenvalue weighted by Crippen LogP contribution is 2.27. The second-order valence-electron chi connectivity index (χ2n) is 7.29. The highest BCUT2D eigenvalue weighted by Gasteiger charge is 2.24.